The highest BCUT2D eigenvalue weighted by Crippen LogP contribution is 2.29. The number of para-hydroxylation sites is 1. The molecule has 0 atom stereocenters. The van der Waals surface area contributed by atoms with Crippen molar-refractivity contribution in [3.63, 3.8) is 0 Å². The second-order valence-corrected chi connectivity index (χ2v) is 5.75. The molecule has 27 heavy (non-hydrogen) atoms. The number of amides is 1. The molecule has 1 amide bonds. The summed E-state index contributed by atoms with van der Waals surface area (Å²) in [6.07, 6.45) is 2.94. The molecule has 0 bridgehead atoms. The van der Waals surface area contributed by atoms with E-state index in [0.29, 0.717) is 23.0 Å². The quantitative estimate of drug-likeness (QED) is 0.692. The van der Waals surface area contributed by atoms with Crippen LogP contribution in [0.5, 0.6) is 11.5 Å². The molecule has 0 saturated heterocycles. The number of benzene rings is 2. The minimum Gasteiger partial charge on any atom is -0.497 e. The fraction of sp³-hybridized carbons (Fsp3) is 0.150. The van der Waals surface area contributed by atoms with Crippen LogP contribution >= 0.6 is 0 Å². The lowest BCUT2D eigenvalue weighted by molar-refractivity contribution is 0.102. The number of methoxy groups -OCH3 is 2. The fourth-order valence-electron chi connectivity index (χ4n) is 2.46. The summed E-state index contributed by atoms with van der Waals surface area (Å²) in [4.78, 5) is 20.9. The van der Waals surface area contributed by atoms with Crippen LogP contribution in [-0.4, -0.2) is 30.1 Å². The second kappa shape index (κ2) is 8.18. The Kier molecular flexibility index (Phi) is 5.51. The molecule has 1 aromatic heterocycles. The predicted octanol–water partition coefficient (Wildman–Crippen LogP) is 3.80. The van der Waals surface area contributed by atoms with E-state index in [-0.39, 0.29) is 5.69 Å². The molecule has 138 valence electrons. The summed E-state index contributed by atoms with van der Waals surface area (Å²) in [5.41, 5.74) is 2.71. The van der Waals surface area contributed by atoms with E-state index in [0.717, 1.165) is 11.3 Å². The van der Waals surface area contributed by atoms with Crippen LogP contribution in [0.1, 0.15) is 16.1 Å². The van der Waals surface area contributed by atoms with E-state index in [1.807, 2.05) is 31.2 Å². The summed E-state index contributed by atoms with van der Waals surface area (Å²) in [6, 6.07) is 13.0. The largest absolute Gasteiger partial charge is 0.497 e. The summed E-state index contributed by atoms with van der Waals surface area (Å²) in [6.45, 7) is 2.00. The molecule has 0 aliphatic rings. The van der Waals surface area contributed by atoms with E-state index in [1.54, 1.807) is 25.3 Å². The molecule has 0 fully saturated rings. The molecule has 0 spiro atoms. The number of hydrogen-bond donors (Lipinski definition) is 2. The number of hydrogen-bond acceptors (Lipinski definition) is 6. The molecule has 0 aliphatic heterocycles. The summed E-state index contributed by atoms with van der Waals surface area (Å²) in [5, 5.41) is 5.94. The Morgan fingerprint density at radius 1 is 0.963 bits per heavy atom. The maximum atomic E-state index is 12.5. The molecule has 1 heterocycles. The molecule has 2 aromatic carbocycles. The van der Waals surface area contributed by atoms with Crippen molar-refractivity contribution in [3.05, 3.63) is 66.1 Å². The summed E-state index contributed by atoms with van der Waals surface area (Å²) in [5.74, 6) is 1.29. The lowest BCUT2D eigenvalue weighted by Crippen LogP contribution is -2.15. The monoisotopic (exact) mass is 364 g/mol. The zero-order chi connectivity index (χ0) is 19.2. The van der Waals surface area contributed by atoms with E-state index in [4.69, 9.17) is 9.47 Å². The van der Waals surface area contributed by atoms with Gasteiger partial charge in [0.15, 0.2) is 0 Å². The third-order valence-corrected chi connectivity index (χ3v) is 3.95. The summed E-state index contributed by atoms with van der Waals surface area (Å²) in [7, 11) is 3.09. The standard InChI is InChI=1S/C20H20N4O3/c1-13-6-4-5-7-15(13)23-19-12-21-17(11-22-19)20(25)24-16-10-14(26-2)8-9-18(16)27-3/h4-12H,1-3H3,(H,22,23)(H,24,25). The van der Waals surface area contributed by atoms with Gasteiger partial charge in [0.25, 0.3) is 5.91 Å². The first-order chi connectivity index (χ1) is 13.1. The molecule has 2 N–H and O–H groups in total. The number of ether oxygens (including phenoxy) is 2. The van der Waals surface area contributed by atoms with Crippen LogP contribution in [0.2, 0.25) is 0 Å². The third kappa shape index (κ3) is 4.33. The van der Waals surface area contributed by atoms with Gasteiger partial charge >= 0.3 is 0 Å². The molecule has 0 saturated carbocycles. The van der Waals surface area contributed by atoms with Crippen molar-refractivity contribution in [2.24, 2.45) is 0 Å². The molecule has 0 radical (unpaired) electrons. The van der Waals surface area contributed by atoms with Gasteiger partial charge in [0.1, 0.15) is 23.0 Å². The number of rotatable bonds is 6. The highest BCUT2D eigenvalue weighted by molar-refractivity contribution is 6.03. The minimum atomic E-state index is -0.392. The maximum absolute atomic E-state index is 12.5. The fourth-order valence-corrected chi connectivity index (χ4v) is 2.46. The Bertz CT molecular complexity index is 942. The van der Waals surface area contributed by atoms with Crippen molar-refractivity contribution in [2.45, 2.75) is 6.92 Å². The van der Waals surface area contributed by atoms with Gasteiger partial charge in [-0.15, -0.1) is 0 Å². The van der Waals surface area contributed by atoms with E-state index < -0.39 is 5.91 Å². The van der Waals surface area contributed by atoms with Gasteiger partial charge in [0, 0.05) is 11.8 Å². The lowest BCUT2D eigenvalue weighted by atomic mass is 10.2. The van der Waals surface area contributed by atoms with E-state index >= 15 is 0 Å². The van der Waals surface area contributed by atoms with Crippen molar-refractivity contribution in [2.75, 3.05) is 24.9 Å². The van der Waals surface area contributed by atoms with Crippen molar-refractivity contribution in [1.82, 2.24) is 9.97 Å². The van der Waals surface area contributed by atoms with Gasteiger partial charge in [-0.05, 0) is 30.7 Å². The Morgan fingerprint density at radius 3 is 2.44 bits per heavy atom. The molecular formula is C20H20N4O3. The van der Waals surface area contributed by atoms with Gasteiger partial charge in [-0.25, -0.2) is 9.97 Å². The summed E-state index contributed by atoms with van der Waals surface area (Å²) >= 11 is 0. The molecule has 0 aliphatic carbocycles. The van der Waals surface area contributed by atoms with Crippen molar-refractivity contribution >= 4 is 23.1 Å². The van der Waals surface area contributed by atoms with Gasteiger partial charge in [-0.1, -0.05) is 18.2 Å². The topological polar surface area (TPSA) is 85.4 Å². The molecule has 0 unspecified atom stereocenters. The molecule has 3 rings (SSSR count). The van der Waals surface area contributed by atoms with Crippen LogP contribution in [0.25, 0.3) is 0 Å². The van der Waals surface area contributed by atoms with Crippen molar-refractivity contribution in [3.8, 4) is 11.5 Å². The van der Waals surface area contributed by atoms with Gasteiger partial charge in [0.05, 0.1) is 32.3 Å². The number of anilines is 3. The number of nitrogens with one attached hydrogen (secondary N) is 2. The van der Waals surface area contributed by atoms with Crippen LogP contribution in [0.15, 0.2) is 54.9 Å². The number of nitrogens with zero attached hydrogens (tertiary/aromatic N) is 2. The number of carbonyl (C=O) groups excluding carboxylic acids is 1. The first-order valence-corrected chi connectivity index (χ1v) is 8.29. The molecular weight excluding hydrogens is 344 g/mol. The van der Waals surface area contributed by atoms with Gasteiger partial charge < -0.3 is 20.1 Å². The molecule has 7 heteroatoms. The third-order valence-electron chi connectivity index (χ3n) is 3.95. The SMILES string of the molecule is COc1ccc(OC)c(NC(=O)c2cnc(Nc3ccccc3C)cn2)c1. The number of carbonyl (C=O) groups is 1. The van der Waals surface area contributed by atoms with Crippen LogP contribution in [0, 0.1) is 6.92 Å². The average molecular weight is 364 g/mol. The first-order valence-electron chi connectivity index (χ1n) is 8.29. The van der Waals surface area contributed by atoms with Crippen LogP contribution in [-0.2, 0) is 0 Å². The number of aromatic nitrogens is 2. The number of aryl methyl sites for hydroxylation is 1. The Labute approximate surface area is 157 Å². The summed E-state index contributed by atoms with van der Waals surface area (Å²) < 4.78 is 10.4. The predicted molar refractivity (Wildman–Crippen MR) is 104 cm³/mol. The minimum absolute atomic E-state index is 0.190. The zero-order valence-electron chi connectivity index (χ0n) is 15.3. The van der Waals surface area contributed by atoms with Crippen LogP contribution in [0.4, 0.5) is 17.2 Å². The zero-order valence-corrected chi connectivity index (χ0v) is 15.3. The van der Waals surface area contributed by atoms with Gasteiger partial charge in [-0.2, -0.15) is 0 Å². The van der Waals surface area contributed by atoms with E-state index in [9.17, 15) is 4.79 Å². The van der Waals surface area contributed by atoms with E-state index in [1.165, 1.54) is 19.5 Å². The van der Waals surface area contributed by atoms with Crippen molar-refractivity contribution < 1.29 is 14.3 Å². The van der Waals surface area contributed by atoms with Crippen LogP contribution in [0.3, 0.4) is 0 Å². The first kappa shape index (κ1) is 18.2. The molecule has 7 nitrogen and oxygen atoms in total. The normalized spacial score (nSPS) is 10.2. The Hall–Kier alpha value is -3.61. The maximum Gasteiger partial charge on any atom is 0.275 e. The highest BCUT2D eigenvalue weighted by Gasteiger charge is 2.13. The Morgan fingerprint density at radius 2 is 1.78 bits per heavy atom. The average Bonchev–Trinajstić information content (AvgIpc) is 2.70. The second-order valence-electron chi connectivity index (χ2n) is 5.75. The lowest BCUT2D eigenvalue weighted by Gasteiger charge is -2.12. The Balaban J connectivity index is 1.74. The van der Waals surface area contributed by atoms with E-state index in [2.05, 4.69) is 20.6 Å². The van der Waals surface area contributed by atoms with Gasteiger partial charge in [0.2, 0.25) is 0 Å². The highest BCUT2D eigenvalue weighted by atomic mass is 16.5. The smallest absolute Gasteiger partial charge is 0.275 e. The van der Waals surface area contributed by atoms with Crippen molar-refractivity contribution in [1.29, 1.82) is 0 Å². The van der Waals surface area contributed by atoms with Gasteiger partial charge in [-0.3, -0.25) is 4.79 Å². The van der Waals surface area contributed by atoms with Crippen LogP contribution < -0.4 is 20.1 Å². The molecule has 3 aromatic rings.